The highest BCUT2D eigenvalue weighted by molar-refractivity contribution is 5.33. The van der Waals surface area contributed by atoms with Crippen LogP contribution >= 0.6 is 0 Å². The number of hydrogen-bond donors (Lipinski definition) is 1. The van der Waals surface area contributed by atoms with Crippen molar-refractivity contribution < 1.29 is 14.6 Å². The molecule has 0 amide bonds. The Balaban J connectivity index is 1.25. The van der Waals surface area contributed by atoms with Gasteiger partial charge in [-0.05, 0) is 38.8 Å². The summed E-state index contributed by atoms with van der Waals surface area (Å²) in [5.74, 6) is 1.02. The molecule has 6 nitrogen and oxygen atoms in total. The molecule has 1 unspecified atom stereocenters. The van der Waals surface area contributed by atoms with Crippen LogP contribution in [0.5, 0.6) is 5.75 Å². The van der Waals surface area contributed by atoms with Gasteiger partial charge in [0.25, 0.3) is 0 Å². The lowest BCUT2D eigenvalue weighted by Gasteiger charge is -2.48. The standard InChI is InChI=1S/C25H41N3O3/c1-3-26-13-15-27(16-14-26)17-19-30-23-7-5-4-6-22(23)20-28-11-8-25(9-12-28)21-24(2,29)10-18-31-25/h4-7,29H,3,8-21H2,1-2H3. The summed E-state index contributed by atoms with van der Waals surface area (Å²) in [5, 5.41) is 10.5. The van der Waals surface area contributed by atoms with E-state index in [2.05, 4.69) is 45.9 Å². The predicted molar refractivity (Wildman–Crippen MR) is 124 cm³/mol. The molecule has 1 aromatic carbocycles. The fourth-order valence-electron chi connectivity index (χ4n) is 5.39. The van der Waals surface area contributed by atoms with Crippen molar-refractivity contribution in [3.05, 3.63) is 29.8 Å². The maximum atomic E-state index is 10.5. The molecule has 31 heavy (non-hydrogen) atoms. The Morgan fingerprint density at radius 2 is 1.68 bits per heavy atom. The average Bonchev–Trinajstić information content (AvgIpc) is 2.76. The van der Waals surface area contributed by atoms with Gasteiger partial charge in [-0.25, -0.2) is 0 Å². The van der Waals surface area contributed by atoms with E-state index in [4.69, 9.17) is 9.47 Å². The zero-order valence-corrected chi connectivity index (χ0v) is 19.5. The van der Waals surface area contributed by atoms with Crippen LogP contribution in [0.3, 0.4) is 0 Å². The van der Waals surface area contributed by atoms with E-state index in [9.17, 15) is 5.11 Å². The van der Waals surface area contributed by atoms with Crippen molar-refractivity contribution in [2.45, 2.75) is 57.3 Å². The van der Waals surface area contributed by atoms with Crippen LogP contribution in [0.15, 0.2) is 24.3 Å². The van der Waals surface area contributed by atoms with Gasteiger partial charge in [0.15, 0.2) is 0 Å². The molecule has 1 spiro atoms. The maximum Gasteiger partial charge on any atom is 0.123 e. The molecule has 4 rings (SSSR count). The number of likely N-dealkylation sites (N-methyl/N-ethyl adjacent to an activating group) is 1. The topological polar surface area (TPSA) is 48.4 Å². The lowest BCUT2D eigenvalue weighted by molar-refractivity contribution is -0.173. The summed E-state index contributed by atoms with van der Waals surface area (Å²) in [5.41, 5.74) is 0.561. The molecule has 3 aliphatic rings. The van der Waals surface area contributed by atoms with Crippen LogP contribution < -0.4 is 4.74 Å². The van der Waals surface area contributed by atoms with Crippen LogP contribution in [-0.4, -0.2) is 96.6 Å². The Kier molecular flexibility index (Phi) is 7.55. The molecule has 0 bridgehead atoms. The quantitative estimate of drug-likeness (QED) is 0.716. The highest BCUT2D eigenvalue weighted by atomic mass is 16.5. The molecule has 1 aromatic rings. The van der Waals surface area contributed by atoms with Crippen molar-refractivity contribution in [2.24, 2.45) is 0 Å². The van der Waals surface area contributed by atoms with Gasteiger partial charge in [0.05, 0.1) is 17.8 Å². The summed E-state index contributed by atoms with van der Waals surface area (Å²) in [4.78, 5) is 7.52. The Bertz CT molecular complexity index is 695. The van der Waals surface area contributed by atoms with Crippen molar-refractivity contribution in [1.82, 2.24) is 14.7 Å². The van der Waals surface area contributed by atoms with Crippen molar-refractivity contribution in [1.29, 1.82) is 0 Å². The van der Waals surface area contributed by atoms with Gasteiger partial charge in [0.2, 0.25) is 0 Å². The van der Waals surface area contributed by atoms with E-state index in [1.807, 2.05) is 6.92 Å². The minimum Gasteiger partial charge on any atom is -0.492 e. The second-order valence-corrected chi connectivity index (χ2v) is 9.96. The van der Waals surface area contributed by atoms with Crippen LogP contribution in [0.4, 0.5) is 0 Å². The second-order valence-electron chi connectivity index (χ2n) is 9.96. The van der Waals surface area contributed by atoms with Gasteiger partial charge in [0.1, 0.15) is 12.4 Å². The summed E-state index contributed by atoms with van der Waals surface area (Å²) < 4.78 is 12.4. The number of aliphatic hydroxyl groups is 1. The summed E-state index contributed by atoms with van der Waals surface area (Å²) in [6.45, 7) is 15.3. The van der Waals surface area contributed by atoms with Crippen molar-refractivity contribution in [3.8, 4) is 5.75 Å². The molecule has 0 aromatic heterocycles. The van der Waals surface area contributed by atoms with Gasteiger partial charge < -0.3 is 19.5 Å². The largest absolute Gasteiger partial charge is 0.492 e. The molecule has 6 heteroatoms. The van der Waals surface area contributed by atoms with E-state index in [0.29, 0.717) is 6.61 Å². The minimum absolute atomic E-state index is 0.129. The number of rotatable bonds is 7. The maximum absolute atomic E-state index is 10.5. The monoisotopic (exact) mass is 431 g/mol. The molecule has 174 valence electrons. The molecule has 3 fully saturated rings. The second kappa shape index (κ2) is 10.2. The lowest BCUT2D eigenvalue weighted by Crippen LogP contribution is -2.53. The SMILES string of the molecule is CCN1CCN(CCOc2ccccc2CN2CCC3(CC2)CC(C)(O)CCO3)CC1. The number of para-hydroxylation sites is 1. The van der Waals surface area contributed by atoms with Gasteiger partial charge in [-0.3, -0.25) is 9.80 Å². The zero-order chi connectivity index (χ0) is 21.7. The molecular weight excluding hydrogens is 390 g/mol. The fourth-order valence-corrected chi connectivity index (χ4v) is 5.39. The highest BCUT2D eigenvalue weighted by Crippen LogP contribution is 2.39. The van der Waals surface area contributed by atoms with Crippen molar-refractivity contribution >= 4 is 0 Å². The predicted octanol–water partition coefficient (Wildman–Crippen LogP) is 2.60. The lowest BCUT2D eigenvalue weighted by atomic mass is 9.78. The number of ether oxygens (including phenoxy) is 2. The fraction of sp³-hybridized carbons (Fsp3) is 0.760. The third-order valence-electron chi connectivity index (χ3n) is 7.46. The van der Waals surface area contributed by atoms with E-state index >= 15 is 0 Å². The Morgan fingerprint density at radius 1 is 0.968 bits per heavy atom. The van der Waals surface area contributed by atoms with E-state index < -0.39 is 5.60 Å². The number of benzene rings is 1. The van der Waals surface area contributed by atoms with E-state index in [1.54, 1.807) is 0 Å². The van der Waals surface area contributed by atoms with Gasteiger partial charge in [0, 0.05) is 64.3 Å². The third kappa shape index (κ3) is 6.20. The highest BCUT2D eigenvalue weighted by Gasteiger charge is 2.44. The van der Waals surface area contributed by atoms with Crippen LogP contribution in [0.25, 0.3) is 0 Å². The van der Waals surface area contributed by atoms with E-state index in [-0.39, 0.29) is 5.60 Å². The average molecular weight is 432 g/mol. The number of nitrogens with zero attached hydrogens (tertiary/aromatic N) is 3. The molecule has 1 N–H and O–H groups in total. The first kappa shape index (κ1) is 23.0. The number of hydrogen-bond acceptors (Lipinski definition) is 6. The number of piperidine rings is 1. The van der Waals surface area contributed by atoms with Crippen LogP contribution in [0, 0.1) is 0 Å². The van der Waals surface area contributed by atoms with E-state index in [0.717, 1.165) is 83.9 Å². The third-order valence-corrected chi connectivity index (χ3v) is 7.46. The molecule has 0 radical (unpaired) electrons. The van der Waals surface area contributed by atoms with Gasteiger partial charge in [-0.2, -0.15) is 0 Å². The molecule has 1 atom stereocenters. The van der Waals surface area contributed by atoms with Crippen LogP contribution in [-0.2, 0) is 11.3 Å². The molecule has 3 heterocycles. The van der Waals surface area contributed by atoms with Crippen molar-refractivity contribution in [3.63, 3.8) is 0 Å². The van der Waals surface area contributed by atoms with Crippen molar-refractivity contribution in [2.75, 3.05) is 65.6 Å². The van der Waals surface area contributed by atoms with Gasteiger partial charge >= 0.3 is 0 Å². The first-order chi connectivity index (χ1) is 15.0. The summed E-state index contributed by atoms with van der Waals surface area (Å²) in [6, 6.07) is 8.49. The Labute approximate surface area is 188 Å². The number of likely N-dealkylation sites (tertiary alicyclic amines) is 1. The first-order valence-corrected chi connectivity index (χ1v) is 12.2. The summed E-state index contributed by atoms with van der Waals surface area (Å²) in [7, 11) is 0. The Hall–Kier alpha value is -1.18. The van der Waals surface area contributed by atoms with Gasteiger partial charge in [-0.1, -0.05) is 25.1 Å². The Morgan fingerprint density at radius 3 is 2.39 bits per heavy atom. The summed E-state index contributed by atoms with van der Waals surface area (Å²) >= 11 is 0. The summed E-state index contributed by atoms with van der Waals surface area (Å²) in [6.07, 6.45) is 3.50. The van der Waals surface area contributed by atoms with E-state index in [1.165, 1.54) is 18.7 Å². The minimum atomic E-state index is -0.579. The van der Waals surface area contributed by atoms with Crippen LogP contribution in [0.2, 0.25) is 0 Å². The normalized spacial score (nSPS) is 28.1. The first-order valence-electron chi connectivity index (χ1n) is 12.2. The number of piperazine rings is 1. The zero-order valence-electron chi connectivity index (χ0n) is 19.5. The van der Waals surface area contributed by atoms with Gasteiger partial charge in [-0.15, -0.1) is 0 Å². The molecule has 0 aliphatic carbocycles. The smallest absolute Gasteiger partial charge is 0.123 e. The molecule has 3 saturated heterocycles. The molecular formula is C25H41N3O3. The molecule has 0 saturated carbocycles. The van der Waals surface area contributed by atoms with Crippen LogP contribution in [0.1, 0.15) is 45.1 Å². The molecule has 3 aliphatic heterocycles.